The summed E-state index contributed by atoms with van der Waals surface area (Å²) in [5.74, 6) is -0.483. The van der Waals surface area contributed by atoms with Crippen LogP contribution in [-0.4, -0.2) is 10.7 Å². The highest BCUT2D eigenvalue weighted by Crippen LogP contribution is 2.27. The Morgan fingerprint density at radius 3 is 2.70 bits per heavy atom. The molecule has 20 heavy (non-hydrogen) atoms. The lowest BCUT2D eigenvalue weighted by Gasteiger charge is -2.13. The molecule has 0 fully saturated rings. The third-order valence-corrected chi connectivity index (χ3v) is 3.18. The van der Waals surface area contributed by atoms with Crippen LogP contribution in [0.25, 0.3) is 11.1 Å². The van der Waals surface area contributed by atoms with Crippen molar-refractivity contribution in [2.45, 2.75) is 38.5 Å². The molecule has 0 aliphatic rings. The molecule has 1 aromatic heterocycles. The van der Waals surface area contributed by atoms with Crippen LogP contribution in [0.1, 0.15) is 31.4 Å². The van der Waals surface area contributed by atoms with E-state index in [0.717, 1.165) is 0 Å². The summed E-state index contributed by atoms with van der Waals surface area (Å²) in [6, 6.07) is 4.07. The Bertz CT molecular complexity index is 658. The number of benzene rings is 1. The Labute approximate surface area is 113 Å². The molecule has 0 aliphatic carbocycles. The number of aryl methyl sites for hydroxylation is 1. The lowest BCUT2D eigenvalue weighted by Crippen LogP contribution is -2.15. The summed E-state index contributed by atoms with van der Waals surface area (Å²) in [6.45, 7) is 2.27. The van der Waals surface area contributed by atoms with Crippen LogP contribution in [0.4, 0.5) is 13.2 Å². The van der Waals surface area contributed by atoms with Crippen molar-refractivity contribution >= 4 is 11.1 Å². The molecule has 2 N–H and O–H groups in total. The summed E-state index contributed by atoms with van der Waals surface area (Å²) in [5, 5.41) is 0. The zero-order valence-electron chi connectivity index (χ0n) is 10.9. The van der Waals surface area contributed by atoms with Gasteiger partial charge in [-0.3, -0.25) is 4.57 Å². The number of hydrogen-bond donors (Lipinski definition) is 1. The molecule has 1 atom stereocenters. The van der Waals surface area contributed by atoms with Gasteiger partial charge in [-0.25, -0.2) is 4.79 Å². The molecule has 4 nitrogen and oxygen atoms in total. The van der Waals surface area contributed by atoms with Crippen LogP contribution in [0, 0.1) is 0 Å². The van der Waals surface area contributed by atoms with E-state index in [9.17, 15) is 18.0 Å². The number of nitrogens with two attached hydrogens (primary N) is 1. The van der Waals surface area contributed by atoms with Gasteiger partial charge < -0.3 is 10.2 Å². The maximum Gasteiger partial charge on any atom is 0.419 e. The first kappa shape index (κ1) is 14.6. The normalized spacial score (nSPS) is 13.8. The number of aromatic nitrogens is 1. The van der Waals surface area contributed by atoms with E-state index >= 15 is 0 Å². The highest BCUT2D eigenvalue weighted by molar-refractivity contribution is 5.73. The van der Waals surface area contributed by atoms with Crippen molar-refractivity contribution < 1.29 is 17.6 Å². The monoisotopic (exact) mass is 288 g/mol. The average Bonchev–Trinajstić information content (AvgIpc) is 2.69. The van der Waals surface area contributed by atoms with Gasteiger partial charge in [0.15, 0.2) is 5.58 Å². The molecule has 0 amide bonds. The number of nitrogens with zero attached hydrogens (tertiary/aromatic N) is 1. The maximum absolute atomic E-state index is 12.2. The molecular formula is C13H15F3N2O2. The topological polar surface area (TPSA) is 61.2 Å². The largest absolute Gasteiger partial charge is 0.419 e. The van der Waals surface area contributed by atoms with Gasteiger partial charge in [0.25, 0.3) is 0 Å². The third-order valence-electron chi connectivity index (χ3n) is 3.18. The highest BCUT2D eigenvalue weighted by Gasteiger charge is 2.28. The summed E-state index contributed by atoms with van der Waals surface area (Å²) in [5.41, 5.74) is 7.23. The van der Waals surface area contributed by atoms with Gasteiger partial charge in [0.05, 0.1) is 5.52 Å². The van der Waals surface area contributed by atoms with Crippen molar-refractivity contribution in [3.63, 3.8) is 0 Å². The predicted octanol–water partition coefficient (Wildman–Crippen LogP) is 2.96. The average molecular weight is 288 g/mol. The summed E-state index contributed by atoms with van der Waals surface area (Å²) >= 11 is 0. The Morgan fingerprint density at radius 1 is 1.40 bits per heavy atom. The molecule has 0 aliphatic heterocycles. The second kappa shape index (κ2) is 5.32. The quantitative estimate of drug-likeness (QED) is 0.940. The van der Waals surface area contributed by atoms with Crippen LogP contribution >= 0.6 is 0 Å². The summed E-state index contributed by atoms with van der Waals surface area (Å²) in [4.78, 5) is 11.5. The van der Waals surface area contributed by atoms with E-state index in [4.69, 9.17) is 10.2 Å². The van der Waals surface area contributed by atoms with Crippen LogP contribution in [0.2, 0.25) is 0 Å². The molecule has 2 aromatic rings. The molecule has 1 unspecified atom stereocenters. The number of fused-ring (bicyclic) bond motifs is 1. The number of hydrogen-bond acceptors (Lipinski definition) is 3. The number of rotatable bonds is 4. The zero-order chi connectivity index (χ0) is 14.9. The minimum absolute atomic E-state index is 0.201. The van der Waals surface area contributed by atoms with E-state index in [1.807, 2.05) is 0 Å². The number of halogens is 3. The van der Waals surface area contributed by atoms with E-state index in [1.165, 1.54) is 10.6 Å². The Balaban J connectivity index is 2.26. The van der Waals surface area contributed by atoms with Gasteiger partial charge >= 0.3 is 11.9 Å². The van der Waals surface area contributed by atoms with E-state index in [2.05, 4.69) is 0 Å². The molecule has 0 saturated heterocycles. The SMILES string of the molecule is CCn1c(=O)oc2cc(C(N)CCC(F)(F)F)ccc21. The fraction of sp³-hybridized carbons (Fsp3) is 0.462. The first-order chi connectivity index (χ1) is 9.31. The Kier molecular flexibility index (Phi) is 3.89. The number of alkyl halides is 3. The maximum atomic E-state index is 12.2. The van der Waals surface area contributed by atoms with Gasteiger partial charge in [-0.1, -0.05) is 6.07 Å². The van der Waals surface area contributed by atoms with E-state index in [1.54, 1.807) is 19.1 Å². The van der Waals surface area contributed by atoms with Gasteiger partial charge in [-0.2, -0.15) is 13.2 Å². The van der Waals surface area contributed by atoms with Gasteiger partial charge in [-0.05, 0) is 31.0 Å². The lowest BCUT2D eigenvalue weighted by molar-refractivity contribution is -0.136. The molecule has 0 bridgehead atoms. The van der Waals surface area contributed by atoms with Gasteiger partial charge in [0, 0.05) is 19.0 Å². The minimum atomic E-state index is -4.22. The van der Waals surface area contributed by atoms with Crippen molar-refractivity contribution in [1.29, 1.82) is 0 Å². The van der Waals surface area contributed by atoms with E-state index in [-0.39, 0.29) is 6.42 Å². The second-order valence-electron chi connectivity index (χ2n) is 4.60. The summed E-state index contributed by atoms with van der Waals surface area (Å²) < 4.78 is 43.0. The zero-order valence-corrected chi connectivity index (χ0v) is 10.9. The molecule has 2 rings (SSSR count). The predicted molar refractivity (Wildman–Crippen MR) is 68.4 cm³/mol. The van der Waals surface area contributed by atoms with Gasteiger partial charge in [0.1, 0.15) is 0 Å². The summed E-state index contributed by atoms with van der Waals surface area (Å²) in [7, 11) is 0. The smallest absolute Gasteiger partial charge is 0.408 e. The molecular weight excluding hydrogens is 273 g/mol. The molecule has 0 spiro atoms. The molecule has 1 aromatic carbocycles. The standard InChI is InChI=1S/C13H15F3N2O2/c1-2-18-10-4-3-8(7-11(10)20-12(18)19)9(17)5-6-13(14,15)16/h3-4,7,9H,2,5-6,17H2,1H3. The fourth-order valence-corrected chi connectivity index (χ4v) is 2.10. The van der Waals surface area contributed by atoms with Crippen molar-refractivity contribution in [2.75, 3.05) is 0 Å². The molecule has 7 heteroatoms. The Hall–Kier alpha value is -1.76. The molecule has 110 valence electrons. The van der Waals surface area contributed by atoms with E-state index < -0.39 is 24.4 Å². The van der Waals surface area contributed by atoms with Crippen LogP contribution in [0.5, 0.6) is 0 Å². The lowest BCUT2D eigenvalue weighted by atomic mass is 10.0. The van der Waals surface area contributed by atoms with E-state index in [0.29, 0.717) is 23.2 Å². The van der Waals surface area contributed by atoms with Crippen LogP contribution < -0.4 is 11.5 Å². The van der Waals surface area contributed by atoms with Crippen molar-refractivity contribution in [3.05, 3.63) is 34.3 Å². The molecule has 0 radical (unpaired) electrons. The second-order valence-corrected chi connectivity index (χ2v) is 4.60. The Morgan fingerprint density at radius 2 is 2.10 bits per heavy atom. The van der Waals surface area contributed by atoms with Crippen LogP contribution in [0.3, 0.4) is 0 Å². The van der Waals surface area contributed by atoms with Crippen LogP contribution in [0.15, 0.2) is 27.4 Å². The number of oxazole rings is 1. The van der Waals surface area contributed by atoms with Crippen molar-refractivity contribution in [1.82, 2.24) is 4.57 Å². The highest BCUT2D eigenvalue weighted by atomic mass is 19.4. The first-order valence-corrected chi connectivity index (χ1v) is 6.27. The third kappa shape index (κ3) is 3.04. The first-order valence-electron chi connectivity index (χ1n) is 6.27. The fourth-order valence-electron chi connectivity index (χ4n) is 2.10. The summed E-state index contributed by atoms with van der Waals surface area (Å²) in [6.07, 6.45) is -5.36. The molecule has 0 saturated carbocycles. The van der Waals surface area contributed by atoms with Crippen LogP contribution in [-0.2, 0) is 6.54 Å². The van der Waals surface area contributed by atoms with Crippen molar-refractivity contribution in [3.8, 4) is 0 Å². The minimum Gasteiger partial charge on any atom is -0.408 e. The van der Waals surface area contributed by atoms with Gasteiger partial charge in [-0.15, -0.1) is 0 Å². The molecule has 1 heterocycles. The van der Waals surface area contributed by atoms with Gasteiger partial charge in [0.2, 0.25) is 0 Å². The van der Waals surface area contributed by atoms with Crippen molar-refractivity contribution in [2.24, 2.45) is 5.73 Å².